The molecule has 1 aromatic carbocycles. The van der Waals surface area contributed by atoms with Crippen LogP contribution in [0.2, 0.25) is 0 Å². The summed E-state index contributed by atoms with van der Waals surface area (Å²) in [7, 11) is 0. The number of anilines is 1. The second kappa shape index (κ2) is 9.99. The number of allylic oxidation sites excluding steroid dienone is 1. The van der Waals surface area contributed by atoms with Crippen LogP contribution in [-0.2, 0) is 11.3 Å². The number of rotatable bonds is 6. The van der Waals surface area contributed by atoms with E-state index in [4.69, 9.17) is 0 Å². The molecule has 2 aromatic rings. The zero-order valence-electron chi connectivity index (χ0n) is 19.5. The Morgan fingerprint density at radius 1 is 1.23 bits per heavy atom. The summed E-state index contributed by atoms with van der Waals surface area (Å²) in [6.07, 6.45) is 4.12. The highest BCUT2D eigenvalue weighted by Gasteiger charge is 2.57. The lowest BCUT2D eigenvalue weighted by Gasteiger charge is -2.38. The van der Waals surface area contributed by atoms with E-state index in [1.807, 2.05) is 6.92 Å². The average molecular weight is 487 g/mol. The van der Waals surface area contributed by atoms with Crippen LogP contribution in [0.1, 0.15) is 37.6 Å². The van der Waals surface area contributed by atoms with Gasteiger partial charge in [0.1, 0.15) is 11.6 Å². The first-order valence-corrected chi connectivity index (χ1v) is 11.6. The van der Waals surface area contributed by atoms with Gasteiger partial charge in [0.05, 0.1) is 23.7 Å². The lowest BCUT2D eigenvalue weighted by atomic mass is 9.86. The van der Waals surface area contributed by atoms with Crippen molar-refractivity contribution in [3.63, 3.8) is 0 Å². The summed E-state index contributed by atoms with van der Waals surface area (Å²) in [6, 6.07) is 3.70. The van der Waals surface area contributed by atoms with E-state index in [1.165, 1.54) is 9.47 Å². The van der Waals surface area contributed by atoms with E-state index in [0.717, 1.165) is 18.2 Å². The van der Waals surface area contributed by atoms with Crippen molar-refractivity contribution in [3.05, 3.63) is 69.7 Å². The lowest BCUT2D eigenvalue weighted by molar-refractivity contribution is -0.127. The van der Waals surface area contributed by atoms with Crippen molar-refractivity contribution in [2.75, 3.05) is 18.5 Å². The van der Waals surface area contributed by atoms with Crippen molar-refractivity contribution < 1.29 is 23.5 Å². The number of hydrogen-bond donors (Lipinski definition) is 3. The molecule has 1 saturated heterocycles. The van der Waals surface area contributed by atoms with Crippen LogP contribution in [0, 0.1) is 23.5 Å². The van der Waals surface area contributed by atoms with E-state index < -0.39 is 48.2 Å². The van der Waals surface area contributed by atoms with Gasteiger partial charge >= 0.3 is 6.03 Å². The molecule has 10 heteroatoms. The van der Waals surface area contributed by atoms with Gasteiger partial charge in [0, 0.05) is 42.9 Å². The van der Waals surface area contributed by atoms with Gasteiger partial charge in [0.2, 0.25) is 5.91 Å². The zero-order chi connectivity index (χ0) is 25.3. The molecule has 0 radical (unpaired) electrons. The Hall–Kier alpha value is -3.53. The number of urea groups is 1. The van der Waals surface area contributed by atoms with Crippen molar-refractivity contribution >= 4 is 23.7 Å². The smallest absolute Gasteiger partial charge is 0.322 e. The van der Waals surface area contributed by atoms with Crippen molar-refractivity contribution in [2.45, 2.75) is 38.9 Å². The van der Waals surface area contributed by atoms with Crippen molar-refractivity contribution in [1.29, 1.82) is 0 Å². The number of halogens is 2. The third-order valence-electron chi connectivity index (χ3n) is 6.68. The summed E-state index contributed by atoms with van der Waals surface area (Å²) in [6.45, 7) is 3.77. The summed E-state index contributed by atoms with van der Waals surface area (Å²) in [4.78, 5) is 41.2. The summed E-state index contributed by atoms with van der Waals surface area (Å²) in [5.41, 5.74) is 0.302. The number of nitrogens with zero attached hydrogens (tertiary/aromatic N) is 2. The fraction of sp³-hybridized carbons (Fsp3) is 0.400. The second-order valence-corrected chi connectivity index (χ2v) is 8.77. The van der Waals surface area contributed by atoms with Crippen LogP contribution in [0.3, 0.4) is 0 Å². The highest BCUT2D eigenvalue weighted by molar-refractivity contribution is 5.92. The van der Waals surface area contributed by atoms with Gasteiger partial charge in [-0.25, -0.2) is 13.6 Å². The SMILES string of the molecule is CC=Cc1ccc2n(c1=O)C[C@@H]1[C@@H](CO)[C@H](C(=O)NCCC)[C@H]2N1C(=O)Nc1cc(F)ccc1F. The molecule has 35 heavy (non-hydrogen) atoms. The molecule has 3 N–H and O–H groups in total. The minimum Gasteiger partial charge on any atom is -0.396 e. The average Bonchev–Trinajstić information content (AvgIpc) is 3.08. The summed E-state index contributed by atoms with van der Waals surface area (Å²) in [5, 5.41) is 15.5. The highest BCUT2D eigenvalue weighted by atomic mass is 19.1. The number of benzene rings is 1. The maximum absolute atomic E-state index is 14.2. The number of aromatic nitrogens is 1. The third-order valence-corrected chi connectivity index (χ3v) is 6.68. The number of carbonyl (C=O) groups excluding carboxylic acids is 2. The molecular formula is C25H28F2N4O4. The van der Waals surface area contributed by atoms with Crippen LogP contribution >= 0.6 is 0 Å². The molecule has 1 fully saturated rings. The second-order valence-electron chi connectivity index (χ2n) is 8.77. The van der Waals surface area contributed by atoms with Crippen molar-refractivity contribution in [1.82, 2.24) is 14.8 Å². The van der Waals surface area contributed by atoms with Gasteiger partial charge in [-0.2, -0.15) is 0 Å². The molecule has 2 aliphatic rings. The maximum Gasteiger partial charge on any atom is 0.322 e. The van der Waals surface area contributed by atoms with Gasteiger partial charge in [-0.15, -0.1) is 0 Å². The topological polar surface area (TPSA) is 104 Å². The van der Waals surface area contributed by atoms with E-state index in [9.17, 15) is 28.3 Å². The number of carbonyl (C=O) groups is 2. The first-order valence-electron chi connectivity index (χ1n) is 11.6. The number of hydrogen-bond acceptors (Lipinski definition) is 4. The van der Waals surface area contributed by atoms with Crippen molar-refractivity contribution in [3.8, 4) is 0 Å². The maximum atomic E-state index is 14.2. The molecule has 0 spiro atoms. The molecular weight excluding hydrogens is 458 g/mol. The first kappa shape index (κ1) is 24.6. The monoisotopic (exact) mass is 486 g/mol. The lowest BCUT2D eigenvalue weighted by Crippen LogP contribution is -2.50. The molecule has 3 amide bonds. The molecule has 2 bridgehead atoms. The molecule has 4 atom stereocenters. The van der Waals surface area contributed by atoms with Gasteiger partial charge in [0.25, 0.3) is 5.56 Å². The predicted molar refractivity (Wildman–Crippen MR) is 127 cm³/mol. The van der Waals surface area contributed by atoms with Crippen molar-refractivity contribution in [2.24, 2.45) is 11.8 Å². The van der Waals surface area contributed by atoms with Crippen LogP contribution in [0.4, 0.5) is 19.3 Å². The van der Waals surface area contributed by atoms with Gasteiger partial charge < -0.3 is 25.2 Å². The quantitative estimate of drug-likeness (QED) is 0.584. The van der Waals surface area contributed by atoms with E-state index >= 15 is 0 Å². The van der Waals surface area contributed by atoms with Gasteiger partial charge in [0.15, 0.2) is 0 Å². The number of aliphatic hydroxyl groups is 1. The largest absolute Gasteiger partial charge is 0.396 e. The van der Waals surface area contributed by atoms with Gasteiger partial charge in [-0.1, -0.05) is 19.1 Å². The number of fused-ring (bicyclic) bond motifs is 4. The van der Waals surface area contributed by atoms with E-state index in [-0.39, 0.29) is 23.7 Å². The molecule has 1 aromatic heterocycles. The van der Waals surface area contributed by atoms with Crippen LogP contribution in [0.15, 0.2) is 41.2 Å². The van der Waals surface area contributed by atoms with Crippen LogP contribution < -0.4 is 16.2 Å². The fourth-order valence-corrected chi connectivity index (χ4v) is 5.15. The van der Waals surface area contributed by atoms with Crippen LogP contribution in [0.25, 0.3) is 6.08 Å². The van der Waals surface area contributed by atoms with Crippen LogP contribution in [0.5, 0.6) is 0 Å². The Morgan fingerprint density at radius 2 is 2.00 bits per heavy atom. The molecule has 3 heterocycles. The highest BCUT2D eigenvalue weighted by Crippen LogP contribution is 2.48. The number of amides is 3. The normalized spacial score (nSPS) is 22.8. The van der Waals surface area contributed by atoms with E-state index in [2.05, 4.69) is 10.6 Å². The Bertz CT molecular complexity index is 1230. The zero-order valence-corrected chi connectivity index (χ0v) is 19.5. The standard InChI is InChI=1S/C25H28F2N4O4/c1-3-5-14-6-9-19-22-21(23(33)28-10-4-2)16(13-32)20(12-30(19)24(14)34)31(22)25(35)29-18-11-15(26)7-8-17(18)27/h3,5-9,11,16,20-22,32H,4,10,12-13H2,1-2H3,(H,28,33)(H,29,35)/t16-,20-,21+,22+/m1/s1. The molecule has 2 aliphatic heterocycles. The minimum absolute atomic E-state index is 0.0535. The number of nitrogens with one attached hydrogen (secondary N) is 2. The molecule has 0 saturated carbocycles. The molecule has 0 unspecified atom stereocenters. The molecule has 0 aliphatic carbocycles. The fourth-order valence-electron chi connectivity index (χ4n) is 5.15. The third kappa shape index (κ3) is 4.34. The van der Waals surface area contributed by atoms with Gasteiger partial charge in [-0.05, 0) is 37.6 Å². The Labute approximate surface area is 201 Å². The van der Waals surface area contributed by atoms with Gasteiger partial charge in [-0.3, -0.25) is 9.59 Å². The predicted octanol–water partition coefficient (Wildman–Crippen LogP) is 2.88. The Balaban J connectivity index is 1.80. The van der Waals surface area contributed by atoms with E-state index in [0.29, 0.717) is 24.2 Å². The molecule has 186 valence electrons. The summed E-state index contributed by atoms with van der Waals surface area (Å²) >= 11 is 0. The first-order chi connectivity index (χ1) is 16.8. The van der Waals surface area contributed by atoms with E-state index in [1.54, 1.807) is 31.2 Å². The molecule has 8 nitrogen and oxygen atoms in total. The number of pyridine rings is 1. The molecule has 4 rings (SSSR count). The summed E-state index contributed by atoms with van der Waals surface area (Å²) < 4.78 is 29.5. The Morgan fingerprint density at radius 3 is 2.69 bits per heavy atom. The van der Waals surface area contributed by atoms with Crippen LogP contribution in [-0.4, -0.2) is 45.7 Å². The number of aliphatic hydroxyl groups excluding tert-OH is 1. The Kier molecular flexibility index (Phi) is 7.02. The minimum atomic E-state index is -0.883. The summed E-state index contributed by atoms with van der Waals surface area (Å²) in [5.74, 6) is -3.37.